The summed E-state index contributed by atoms with van der Waals surface area (Å²) in [6.07, 6.45) is 5.11. The highest BCUT2D eigenvalue weighted by molar-refractivity contribution is 5.92. The van der Waals surface area contributed by atoms with Crippen molar-refractivity contribution in [1.82, 2.24) is 9.78 Å². The number of carbonyl (C=O) groups excluding carboxylic acids is 2. The van der Waals surface area contributed by atoms with E-state index in [1.54, 1.807) is 20.2 Å². The number of aromatic nitrogens is 2. The summed E-state index contributed by atoms with van der Waals surface area (Å²) < 4.78 is 6.32. The monoisotopic (exact) mass is 208 g/mol. The molecule has 1 aromatic heterocycles. The van der Waals surface area contributed by atoms with Gasteiger partial charge in [-0.05, 0) is 19.1 Å². The van der Waals surface area contributed by atoms with Gasteiger partial charge in [-0.1, -0.05) is 0 Å². The van der Waals surface area contributed by atoms with E-state index >= 15 is 0 Å². The molecule has 0 fully saturated rings. The first-order valence-electron chi connectivity index (χ1n) is 4.51. The average molecular weight is 208 g/mol. The Labute approximate surface area is 87.3 Å². The first-order chi connectivity index (χ1) is 7.19. The Morgan fingerprint density at radius 3 is 3.00 bits per heavy atom. The van der Waals surface area contributed by atoms with E-state index in [1.165, 1.54) is 16.8 Å². The Bertz CT molecular complexity index is 393. The molecule has 80 valence electrons. The van der Waals surface area contributed by atoms with Gasteiger partial charge in [0.1, 0.15) is 6.29 Å². The molecule has 0 bridgehead atoms. The molecule has 0 aliphatic carbocycles. The summed E-state index contributed by atoms with van der Waals surface area (Å²) >= 11 is 0. The van der Waals surface area contributed by atoms with Crippen LogP contribution in [0, 0.1) is 0 Å². The summed E-state index contributed by atoms with van der Waals surface area (Å²) in [5.74, 6) is -0.483. The van der Waals surface area contributed by atoms with Crippen LogP contribution in [0.4, 0.5) is 0 Å². The van der Waals surface area contributed by atoms with Gasteiger partial charge in [-0.2, -0.15) is 5.10 Å². The molecule has 0 aromatic carbocycles. The first kappa shape index (κ1) is 11.2. The van der Waals surface area contributed by atoms with Crippen LogP contribution >= 0.6 is 0 Å². The fourth-order valence-corrected chi connectivity index (χ4v) is 1.13. The number of nitrogens with zero attached hydrogens (tertiary/aromatic N) is 2. The van der Waals surface area contributed by atoms with Crippen molar-refractivity contribution in [3.05, 3.63) is 23.5 Å². The van der Waals surface area contributed by atoms with E-state index in [4.69, 9.17) is 4.74 Å². The molecule has 0 N–H and O–H groups in total. The number of esters is 1. The van der Waals surface area contributed by atoms with Crippen LogP contribution in [-0.2, 0) is 16.6 Å². The molecule has 0 saturated carbocycles. The van der Waals surface area contributed by atoms with Gasteiger partial charge >= 0.3 is 5.97 Å². The van der Waals surface area contributed by atoms with E-state index in [9.17, 15) is 9.59 Å². The van der Waals surface area contributed by atoms with Gasteiger partial charge < -0.3 is 4.74 Å². The number of hydrogen-bond acceptors (Lipinski definition) is 4. The van der Waals surface area contributed by atoms with Crippen LogP contribution in [0.25, 0.3) is 6.08 Å². The van der Waals surface area contributed by atoms with Crippen LogP contribution in [0.3, 0.4) is 0 Å². The second kappa shape index (κ2) is 5.09. The highest BCUT2D eigenvalue weighted by atomic mass is 16.5. The van der Waals surface area contributed by atoms with E-state index in [2.05, 4.69) is 5.10 Å². The molecule has 1 heterocycles. The molecule has 0 unspecified atom stereocenters. The molecule has 0 saturated heterocycles. The minimum Gasteiger partial charge on any atom is -0.461 e. The second-order valence-electron chi connectivity index (χ2n) is 2.82. The van der Waals surface area contributed by atoms with Crippen LogP contribution in [0.1, 0.15) is 23.0 Å². The summed E-state index contributed by atoms with van der Waals surface area (Å²) in [5, 5.41) is 3.96. The van der Waals surface area contributed by atoms with Crippen LogP contribution in [0.5, 0.6) is 0 Å². The molecule has 0 radical (unpaired) electrons. The van der Waals surface area contributed by atoms with Gasteiger partial charge in [0.05, 0.1) is 6.61 Å². The highest BCUT2D eigenvalue weighted by Gasteiger charge is 2.14. The number of ether oxygens (including phenoxy) is 1. The van der Waals surface area contributed by atoms with Gasteiger partial charge in [0.25, 0.3) is 0 Å². The number of allylic oxidation sites excluding steroid dienone is 1. The zero-order chi connectivity index (χ0) is 11.3. The summed E-state index contributed by atoms with van der Waals surface area (Å²) in [7, 11) is 1.70. The zero-order valence-corrected chi connectivity index (χ0v) is 8.64. The van der Waals surface area contributed by atoms with Crippen molar-refractivity contribution >= 4 is 18.3 Å². The van der Waals surface area contributed by atoms with Gasteiger partial charge in [-0.15, -0.1) is 0 Å². The third-order valence-corrected chi connectivity index (χ3v) is 1.68. The zero-order valence-electron chi connectivity index (χ0n) is 8.64. The average Bonchev–Trinajstić information content (AvgIpc) is 2.57. The van der Waals surface area contributed by atoms with Crippen molar-refractivity contribution in [2.75, 3.05) is 6.61 Å². The lowest BCUT2D eigenvalue weighted by Crippen LogP contribution is -2.07. The van der Waals surface area contributed by atoms with Gasteiger partial charge in [-0.25, -0.2) is 4.79 Å². The largest absolute Gasteiger partial charge is 0.461 e. The van der Waals surface area contributed by atoms with E-state index in [-0.39, 0.29) is 5.69 Å². The topological polar surface area (TPSA) is 61.2 Å². The van der Waals surface area contributed by atoms with Crippen LogP contribution in [-0.4, -0.2) is 28.6 Å². The van der Waals surface area contributed by atoms with Crippen molar-refractivity contribution in [1.29, 1.82) is 0 Å². The predicted octanol–water partition coefficient (Wildman–Crippen LogP) is 0.809. The lowest BCUT2D eigenvalue weighted by molar-refractivity contribution is -0.104. The molecule has 5 nitrogen and oxygen atoms in total. The fourth-order valence-electron chi connectivity index (χ4n) is 1.13. The number of aldehydes is 1. The smallest absolute Gasteiger partial charge is 0.359 e. The molecule has 15 heavy (non-hydrogen) atoms. The maximum Gasteiger partial charge on any atom is 0.359 e. The second-order valence-corrected chi connectivity index (χ2v) is 2.82. The van der Waals surface area contributed by atoms with Crippen LogP contribution in [0.15, 0.2) is 12.3 Å². The molecule has 0 amide bonds. The summed E-state index contributed by atoms with van der Waals surface area (Å²) in [4.78, 5) is 21.6. The van der Waals surface area contributed by atoms with Gasteiger partial charge in [0, 0.05) is 18.8 Å². The normalized spacial score (nSPS) is 10.5. The Hall–Kier alpha value is -1.91. The van der Waals surface area contributed by atoms with Gasteiger partial charge in [-0.3, -0.25) is 9.48 Å². The third-order valence-electron chi connectivity index (χ3n) is 1.68. The number of aryl methyl sites for hydroxylation is 1. The lowest BCUT2D eigenvalue weighted by Gasteiger charge is -1.98. The van der Waals surface area contributed by atoms with Crippen molar-refractivity contribution in [3.63, 3.8) is 0 Å². The molecule has 0 spiro atoms. The Kier molecular flexibility index (Phi) is 3.79. The molecule has 0 aliphatic rings. The SMILES string of the molecule is CCOC(=O)c1nn(C)cc1/C=C/C=O. The predicted molar refractivity (Wildman–Crippen MR) is 54.3 cm³/mol. The van der Waals surface area contributed by atoms with Crippen LogP contribution < -0.4 is 0 Å². The van der Waals surface area contributed by atoms with Crippen molar-refractivity contribution in [2.45, 2.75) is 6.92 Å². The summed E-state index contributed by atoms with van der Waals surface area (Å²) in [6, 6.07) is 0. The third kappa shape index (κ3) is 2.77. The Morgan fingerprint density at radius 1 is 1.67 bits per heavy atom. The first-order valence-corrected chi connectivity index (χ1v) is 4.51. The highest BCUT2D eigenvalue weighted by Crippen LogP contribution is 2.09. The maximum atomic E-state index is 11.4. The summed E-state index contributed by atoms with van der Waals surface area (Å²) in [5.41, 5.74) is 0.792. The van der Waals surface area contributed by atoms with E-state index in [0.717, 1.165) is 0 Å². The minimum atomic E-state index is -0.483. The fraction of sp³-hybridized carbons (Fsp3) is 0.300. The van der Waals surface area contributed by atoms with Crippen LogP contribution in [0.2, 0.25) is 0 Å². The number of carbonyl (C=O) groups is 2. The minimum absolute atomic E-state index is 0.220. The van der Waals surface area contributed by atoms with E-state index in [1.807, 2.05) is 0 Å². The molecule has 1 rings (SSSR count). The maximum absolute atomic E-state index is 11.4. The lowest BCUT2D eigenvalue weighted by atomic mass is 10.2. The van der Waals surface area contributed by atoms with E-state index in [0.29, 0.717) is 18.5 Å². The molecule has 0 aliphatic heterocycles. The van der Waals surface area contributed by atoms with Crippen molar-refractivity contribution in [3.8, 4) is 0 Å². The number of rotatable bonds is 4. The molecular weight excluding hydrogens is 196 g/mol. The Morgan fingerprint density at radius 2 is 2.40 bits per heavy atom. The van der Waals surface area contributed by atoms with E-state index < -0.39 is 5.97 Å². The quantitative estimate of drug-likeness (QED) is 0.417. The standard InChI is InChI=1S/C10H12N2O3/c1-3-15-10(14)9-8(5-4-6-13)7-12(2)11-9/h4-7H,3H2,1-2H3/b5-4+. The molecule has 5 heteroatoms. The molecule has 1 aromatic rings. The number of hydrogen-bond donors (Lipinski definition) is 0. The molecular formula is C10H12N2O3. The molecule has 0 atom stereocenters. The summed E-state index contributed by atoms with van der Waals surface area (Å²) in [6.45, 7) is 2.02. The van der Waals surface area contributed by atoms with Gasteiger partial charge in [0.2, 0.25) is 0 Å². The van der Waals surface area contributed by atoms with Crippen molar-refractivity contribution < 1.29 is 14.3 Å². The Balaban J connectivity index is 3.00. The van der Waals surface area contributed by atoms with Crippen molar-refractivity contribution in [2.24, 2.45) is 7.05 Å². The van der Waals surface area contributed by atoms with Gasteiger partial charge in [0.15, 0.2) is 5.69 Å².